The number of ether oxygens (including phenoxy) is 1. The van der Waals surface area contributed by atoms with E-state index in [0.29, 0.717) is 18.1 Å². The molecule has 0 unspecified atom stereocenters. The van der Waals surface area contributed by atoms with E-state index >= 15 is 0 Å². The van der Waals surface area contributed by atoms with Crippen LogP contribution < -0.4 is 15.4 Å². The molecule has 2 rings (SSSR count). The lowest BCUT2D eigenvalue weighted by Crippen LogP contribution is -2.87. The maximum atomic E-state index is 12.0. The molecule has 0 saturated heterocycles. The van der Waals surface area contributed by atoms with E-state index in [1.165, 1.54) is 0 Å². The van der Waals surface area contributed by atoms with Gasteiger partial charge >= 0.3 is 0 Å². The normalized spacial score (nSPS) is 11.8. The lowest BCUT2D eigenvalue weighted by molar-refractivity contribution is -0.682. The van der Waals surface area contributed by atoms with Crippen molar-refractivity contribution < 1.29 is 14.8 Å². The van der Waals surface area contributed by atoms with Crippen molar-refractivity contribution in [2.24, 2.45) is 0 Å². The van der Waals surface area contributed by atoms with Gasteiger partial charge in [-0.1, -0.05) is 29.8 Å². The van der Waals surface area contributed by atoms with Crippen molar-refractivity contribution >= 4 is 33.4 Å². The molecule has 0 spiro atoms. The highest BCUT2D eigenvalue weighted by atomic mass is 79.9. The predicted octanol–water partition coefficient (Wildman–Crippen LogP) is 3.05. The fourth-order valence-electron chi connectivity index (χ4n) is 2.29. The van der Waals surface area contributed by atoms with Gasteiger partial charge in [-0.25, -0.2) is 0 Å². The monoisotopic (exact) mass is 411 g/mol. The summed E-state index contributed by atoms with van der Waals surface area (Å²) in [5.74, 6) is 0.776. The van der Waals surface area contributed by atoms with Crippen LogP contribution in [-0.4, -0.2) is 19.6 Å². The summed E-state index contributed by atoms with van der Waals surface area (Å²) < 4.78 is 6.14. The number of hydrogen-bond acceptors (Lipinski definition) is 2. The summed E-state index contributed by atoms with van der Waals surface area (Å²) in [6, 6.07) is 13.6. The Morgan fingerprint density at radius 2 is 2.08 bits per heavy atom. The molecular formula is C18H21BrClN2O2+. The summed E-state index contributed by atoms with van der Waals surface area (Å²) in [6.45, 7) is 2.86. The molecular weight excluding hydrogens is 392 g/mol. The highest BCUT2D eigenvalue weighted by molar-refractivity contribution is 9.10. The second kappa shape index (κ2) is 9.06. The topological polar surface area (TPSA) is 54.9 Å². The molecule has 0 aliphatic heterocycles. The molecule has 4 nitrogen and oxygen atoms in total. The first-order valence-electron chi connectivity index (χ1n) is 7.68. The smallest absolute Gasteiger partial charge is 0.275 e. The zero-order valence-electron chi connectivity index (χ0n) is 13.7. The standard InChI is InChI=1S/C18H20BrClN2O2/c1-12(13-7-8-17(24-2)15(19)9-13)21-11-18(23)22-10-14-5-3-4-6-16(14)20/h3-9,12,21H,10-11H2,1-2H3,(H,22,23)/p+1/t12-/m1/s1. The Morgan fingerprint density at radius 3 is 2.75 bits per heavy atom. The second-order valence-corrected chi connectivity index (χ2v) is 6.75. The molecule has 1 amide bonds. The molecule has 0 aromatic heterocycles. The highest BCUT2D eigenvalue weighted by Gasteiger charge is 2.13. The van der Waals surface area contributed by atoms with Crippen molar-refractivity contribution in [2.75, 3.05) is 13.7 Å². The minimum absolute atomic E-state index is 0.0191. The molecule has 2 aromatic rings. The number of amides is 1. The maximum Gasteiger partial charge on any atom is 0.275 e. The number of carbonyl (C=O) groups excluding carboxylic acids is 1. The molecule has 0 saturated carbocycles. The molecule has 0 heterocycles. The van der Waals surface area contributed by atoms with Crippen LogP contribution in [0.15, 0.2) is 46.9 Å². The van der Waals surface area contributed by atoms with Crippen LogP contribution in [0.25, 0.3) is 0 Å². The van der Waals surface area contributed by atoms with Gasteiger partial charge in [-0.3, -0.25) is 4.79 Å². The van der Waals surface area contributed by atoms with Gasteiger partial charge in [0.05, 0.1) is 11.6 Å². The number of quaternary nitrogens is 1. The molecule has 0 fully saturated rings. The number of nitrogens with one attached hydrogen (secondary N) is 1. The minimum Gasteiger partial charge on any atom is -0.496 e. The summed E-state index contributed by atoms with van der Waals surface area (Å²) in [7, 11) is 1.64. The lowest BCUT2D eigenvalue weighted by Gasteiger charge is -2.13. The molecule has 6 heteroatoms. The van der Waals surface area contributed by atoms with Crippen molar-refractivity contribution in [3.8, 4) is 5.75 Å². The van der Waals surface area contributed by atoms with Gasteiger partial charge in [0.25, 0.3) is 5.91 Å². The molecule has 0 radical (unpaired) electrons. The van der Waals surface area contributed by atoms with Crippen molar-refractivity contribution in [3.63, 3.8) is 0 Å². The first kappa shape index (κ1) is 18.8. The van der Waals surface area contributed by atoms with Gasteiger partial charge in [-0.05, 0) is 52.7 Å². The van der Waals surface area contributed by atoms with Crippen LogP contribution in [0, 0.1) is 0 Å². The average Bonchev–Trinajstić information content (AvgIpc) is 2.58. The zero-order valence-corrected chi connectivity index (χ0v) is 16.0. The van der Waals surface area contributed by atoms with Crippen LogP contribution >= 0.6 is 27.5 Å². The van der Waals surface area contributed by atoms with E-state index in [0.717, 1.165) is 21.3 Å². The maximum absolute atomic E-state index is 12.0. The average molecular weight is 413 g/mol. The first-order chi connectivity index (χ1) is 11.5. The van der Waals surface area contributed by atoms with E-state index < -0.39 is 0 Å². The van der Waals surface area contributed by atoms with Crippen LogP contribution in [-0.2, 0) is 11.3 Å². The van der Waals surface area contributed by atoms with Gasteiger partial charge in [0.1, 0.15) is 11.8 Å². The van der Waals surface area contributed by atoms with Crippen molar-refractivity contribution in [2.45, 2.75) is 19.5 Å². The molecule has 0 bridgehead atoms. The van der Waals surface area contributed by atoms with E-state index in [-0.39, 0.29) is 11.9 Å². The summed E-state index contributed by atoms with van der Waals surface area (Å²) >= 11 is 9.56. The van der Waals surface area contributed by atoms with Crippen LogP contribution in [0.3, 0.4) is 0 Å². The van der Waals surface area contributed by atoms with Gasteiger partial charge in [-0.2, -0.15) is 0 Å². The van der Waals surface area contributed by atoms with Crippen LogP contribution in [0.1, 0.15) is 24.1 Å². The summed E-state index contributed by atoms with van der Waals surface area (Å²) in [4.78, 5) is 12.0. The molecule has 0 aliphatic rings. The molecule has 128 valence electrons. The van der Waals surface area contributed by atoms with Crippen LogP contribution in [0.4, 0.5) is 0 Å². The SMILES string of the molecule is COc1ccc([C@@H](C)[NH2+]CC(=O)NCc2ccccc2Cl)cc1Br. The van der Waals surface area contributed by atoms with E-state index in [2.05, 4.69) is 28.2 Å². The van der Waals surface area contributed by atoms with Gasteiger partial charge in [-0.15, -0.1) is 0 Å². The number of rotatable bonds is 7. The molecule has 0 aliphatic carbocycles. The first-order valence-corrected chi connectivity index (χ1v) is 8.85. The second-order valence-electron chi connectivity index (χ2n) is 5.49. The Balaban J connectivity index is 1.83. The van der Waals surface area contributed by atoms with Crippen LogP contribution in [0.2, 0.25) is 5.02 Å². The van der Waals surface area contributed by atoms with Gasteiger partial charge in [0.2, 0.25) is 0 Å². The Labute approximate surface area is 155 Å². The quantitative estimate of drug-likeness (QED) is 0.734. The van der Waals surface area contributed by atoms with Crippen molar-refractivity contribution in [1.29, 1.82) is 0 Å². The minimum atomic E-state index is -0.0191. The lowest BCUT2D eigenvalue weighted by atomic mass is 10.1. The van der Waals surface area contributed by atoms with E-state index in [9.17, 15) is 4.79 Å². The molecule has 1 atom stereocenters. The fraction of sp³-hybridized carbons (Fsp3) is 0.278. The third-order valence-corrected chi connectivity index (χ3v) is 4.78. The largest absolute Gasteiger partial charge is 0.496 e. The van der Waals surface area contributed by atoms with Crippen molar-refractivity contribution in [1.82, 2.24) is 5.32 Å². The van der Waals surface area contributed by atoms with Crippen LogP contribution in [0.5, 0.6) is 5.75 Å². The summed E-state index contributed by atoms with van der Waals surface area (Å²) in [5.41, 5.74) is 2.04. The summed E-state index contributed by atoms with van der Waals surface area (Å²) in [6.07, 6.45) is 0. The highest BCUT2D eigenvalue weighted by Crippen LogP contribution is 2.27. The summed E-state index contributed by atoms with van der Waals surface area (Å²) in [5, 5.41) is 5.55. The third kappa shape index (κ3) is 5.23. The predicted molar refractivity (Wildman–Crippen MR) is 99.2 cm³/mol. The number of carbonyl (C=O) groups is 1. The third-order valence-electron chi connectivity index (χ3n) is 3.79. The molecule has 3 N–H and O–H groups in total. The molecule has 24 heavy (non-hydrogen) atoms. The molecule has 2 aromatic carbocycles. The number of nitrogens with two attached hydrogens (primary N) is 1. The Morgan fingerprint density at radius 1 is 1.33 bits per heavy atom. The number of hydrogen-bond donors (Lipinski definition) is 2. The van der Waals surface area contributed by atoms with Crippen molar-refractivity contribution in [3.05, 3.63) is 63.1 Å². The number of halogens is 2. The Bertz CT molecular complexity index is 709. The number of methoxy groups -OCH3 is 1. The van der Waals surface area contributed by atoms with E-state index in [1.807, 2.05) is 47.8 Å². The van der Waals surface area contributed by atoms with E-state index in [1.54, 1.807) is 7.11 Å². The zero-order chi connectivity index (χ0) is 17.5. The fourth-order valence-corrected chi connectivity index (χ4v) is 3.05. The van der Waals surface area contributed by atoms with Gasteiger partial charge in [0, 0.05) is 17.1 Å². The number of benzene rings is 2. The Kier molecular flexibility index (Phi) is 7.09. The van der Waals surface area contributed by atoms with E-state index in [4.69, 9.17) is 16.3 Å². The van der Waals surface area contributed by atoms with Gasteiger partial charge < -0.3 is 15.4 Å². The Hall–Kier alpha value is -1.56. The van der Waals surface area contributed by atoms with Gasteiger partial charge in [0.15, 0.2) is 6.54 Å².